The molecule has 0 aliphatic rings. The molecule has 1 aromatic carbocycles. The number of nitrogens with one attached hydrogen (secondary N) is 1. The first kappa shape index (κ1) is 20.4. The fourth-order valence-corrected chi connectivity index (χ4v) is 3.59. The van der Waals surface area contributed by atoms with Crippen LogP contribution in [0, 0.1) is 13.8 Å². The van der Waals surface area contributed by atoms with Crippen molar-refractivity contribution in [1.82, 2.24) is 29.5 Å². The SMILES string of the molecule is COc1cc(OC)cc([C@@H](NC(=O)c2cnn3c(C)cc(C)nc23)c2nccn2C)c1. The van der Waals surface area contributed by atoms with Gasteiger partial charge in [-0.2, -0.15) is 5.10 Å². The van der Waals surface area contributed by atoms with Crippen molar-refractivity contribution in [2.75, 3.05) is 14.2 Å². The number of carbonyl (C=O) groups excluding carboxylic acids is 1. The number of ether oxygens (including phenoxy) is 2. The van der Waals surface area contributed by atoms with Gasteiger partial charge in [0.1, 0.15) is 28.9 Å². The van der Waals surface area contributed by atoms with Gasteiger partial charge < -0.3 is 19.4 Å². The van der Waals surface area contributed by atoms with Crippen LogP contribution in [0.1, 0.15) is 39.2 Å². The number of aromatic nitrogens is 5. The van der Waals surface area contributed by atoms with Crippen LogP contribution in [0.2, 0.25) is 0 Å². The van der Waals surface area contributed by atoms with E-state index in [9.17, 15) is 4.79 Å². The lowest BCUT2D eigenvalue weighted by atomic mass is 10.0. The van der Waals surface area contributed by atoms with Crippen LogP contribution in [0.3, 0.4) is 0 Å². The maximum absolute atomic E-state index is 13.3. The monoisotopic (exact) mass is 420 g/mol. The summed E-state index contributed by atoms with van der Waals surface area (Å²) in [5.74, 6) is 1.60. The van der Waals surface area contributed by atoms with Crippen molar-refractivity contribution in [2.24, 2.45) is 7.05 Å². The molecule has 31 heavy (non-hydrogen) atoms. The number of imidazole rings is 1. The molecule has 3 heterocycles. The van der Waals surface area contributed by atoms with E-state index in [-0.39, 0.29) is 5.91 Å². The Balaban J connectivity index is 1.78. The van der Waals surface area contributed by atoms with Gasteiger partial charge in [0, 0.05) is 36.9 Å². The Hall–Kier alpha value is -3.88. The molecular weight excluding hydrogens is 396 g/mol. The number of hydrogen-bond acceptors (Lipinski definition) is 6. The van der Waals surface area contributed by atoms with Crippen molar-refractivity contribution in [3.63, 3.8) is 0 Å². The van der Waals surface area contributed by atoms with Crippen molar-refractivity contribution < 1.29 is 14.3 Å². The zero-order valence-corrected chi connectivity index (χ0v) is 18.1. The number of nitrogens with zero attached hydrogens (tertiary/aromatic N) is 5. The Bertz CT molecular complexity index is 1240. The predicted molar refractivity (Wildman–Crippen MR) is 115 cm³/mol. The Kier molecular flexibility index (Phi) is 5.33. The predicted octanol–water partition coefficient (Wildman–Crippen LogP) is 2.62. The smallest absolute Gasteiger partial charge is 0.257 e. The summed E-state index contributed by atoms with van der Waals surface area (Å²) in [6.07, 6.45) is 5.05. The zero-order valence-electron chi connectivity index (χ0n) is 18.1. The molecule has 0 fully saturated rings. The Labute approximate surface area is 179 Å². The summed E-state index contributed by atoms with van der Waals surface area (Å²) in [5.41, 5.74) is 3.39. The molecule has 160 valence electrons. The summed E-state index contributed by atoms with van der Waals surface area (Å²) in [4.78, 5) is 22.3. The molecule has 0 saturated carbocycles. The number of carbonyl (C=O) groups is 1. The van der Waals surface area contributed by atoms with E-state index in [0.29, 0.717) is 28.5 Å². The second kappa shape index (κ2) is 8.10. The average molecular weight is 420 g/mol. The fourth-order valence-electron chi connectivity index (χ4n) is 3.59. The van der Waals surface area contributed by atoms with Gasteiger partial charge in [-0.1, -0.05) is 0 Å². The molecule has 0 bridgehead atoms. The third-order valence-electron chi connectivity index (χ3n) is 5.12. The molecule has 0 aliphatic carbocycles. The van der Waals surface area contributed by atoms with Gasteiger partial charge in [0.25, 0.3) is 5.91 Å². The second-order valence-corrected chi connectivity index (χ2v) is 7.28. The highest BCUT2D eigenvalue weighted by atomic mass is 16.5. The van der Waals surface area contributed by atoms with E-state index in [1.54, 1.807) is 31.0 Å². The minimum atomic E-state index is -0.544. The van der Waals surface area contributed by atoms with Gasteiger partial charge in [0.2, 0.25) is 0 Å². The van der Waals surface area contributed by atoms with E-state index < -0.39 is 6.04 Å². The minimum Gasteiger partial charge on any atom is -0.497 e. The highest BCUT2D eigenvalue weighted by Crippen LogP contribution is 2.30. The third kappa shape index (κ3) is 3.81. The Morgan fingerprint density at radius 3 is 2.42 bits per heavy atom. The zero-order chi connectivity index (χ0) is 22.1. The molecule has 0 unspecified atom stereocenters. The summed E-state index contributed by atoms with van der Waals surface area (Å²) in [6, 6.07) is 6.86. The van der Waals surface area contributed by atoms with Crippen LogP contribution in [0.15, 0.2) is 42.9 Å². The van der Waals surface area contributed by atoms with Gasteiger partial charge in [-0.25, -0.2) is 14.5 Å². The first-order chi connectivity index (χ1) is 14.9. The summed E-state index contributed by atoms with van der Waals surface area (Å²) >= 11 is 0. The lowest BCUT2D eigenvalue weighted by molar-refractivity contribution is 0.0942. The topological polar surface area (TPSA) is 95.6 Å². The Morgan fingerprint density at radius 1 is 1.10 bits per heavy atom. The number of hydrogen-bond donors (Lipinski definition) is 1. The molecule has 9 nitrogen and oxygen atoms in total. The number of aryl methyl sites for hydroxylation is 3. The van der Waals surface area contributed by atoms with Crippen molar-refractivity contribution in [1.29, 1.82) is 0 Å². The summed E-state index contributed by atoms with van der Waals surface area (Å²) in [7, 11) is 5.05. The van der Waals surface area contributed by atoms with E-state index in [2.05, 4.69) is 20.4 Å². The van der Waals surface area contributed by atoms with Crippen LogP contribution in [0.4, 0.5) is 0 Å². The van der Waals surface area contributed by atoms with E-state index in [1.165, 1.54) is 6.20 Å². The average Bonchev–Trinajstić information content (AvgIpc) is 3.37. The van der Waals surface area contributed by atoms with E-state index >= 15 is 0 Å². The van der Waals surface area contributed by atoms with Crippen molar-refractivity contribution in [3.8, 4) is 11.5 Å². The standard InChI is InChI=1S/C22H24N6O3/c1-13-8-14(2)28-20(25-13)18(12-24-28)22(29)26-19(21-23-6-7-27(21)3)15-9-16(30-4)11-17(10-15)31-5/h6-12,19H,1-5H3,(H,26,29)/t19-/m1/s1. The van der Waals surface area contributed by atoms with Crippen molar-refractivity contribution in [2.45, 2.75) is 19.9 Å². The summed E-state index contributed by atoms with van der Waals surface area (Å²) < 4.78 is 14.3. The van der Waals surface area contributed by atoms with Gasteiger partial charge in [-0.3, -0.25) is 4.79 Å². The molecule has 1 amide bonds. The van der Waals surface area contributed by atoms with Gasteiger partial charge >= 0.3 is 0 Å². The molecule has 1 N–H and O–H groups in total. The quantitative estimate of drug-likeness (QED) is 0.515. The highest BCUT2D eigenvalue weighted by Gasteiger charge is 2.25. The second-order valence-electron chi connectivity index (χ2n) is 7.28. The normalized spacial score (nSPS) is 12.0. The van der Waals surface area contributed by atoms with Gasteiger partial charge in [-0.05, 0) is 37.6 Å². The molecule has 0 spiro atoms. The molecule has 0 aliphatic heterocycles. The van der Waals surface area contributed by atoms with Crippen molar-refractivity contribution >= 4 is 11.6 Å². The van der Waals surface area contributed by atoms with Crippen LogP contribution in [-0.2, 0) is 7.05 Å². The first-order valence-corrected chi connectivity index (χ1v) is 9.74. The minimum absolute atomic E-state index is 0.303. The molecule has 9 heteroatoms. The molecule has 4 aromatic rings. The first-order valence-electron chi connectivity index (χ1n) is 9.74. The number of methoxy groups -OCH3 is 2. The van der Waals surface area contributed by atoms with Crippen LogP contribution in [-0.4, -0.2) is 44.3 Å². The van der Waals surface area contributed by atoms with Crippen molar-refractivity contribution in [3.05, 3.63) is 71.2 Å². The molecule has 0 saturated heterocycles. The van der Waals surface area contributed by atoms with E-state index in [0.717, 1.165) is 17.0 Å². The molecular formula is C22H24N6O3. The van der Waals surface area contributed by atoms with Gasteiger partial charge in [0.05, 0.1) is 20.4 Å². The van der Waals surface area contributed by atoms with E-state index in [1.807, 2.05) is 49.9 Å². The number of rotatable bonds is 6. The molecule has 0 radical (unpaired) electrons. The molecule has 4 rings (SSSR count). The van der Waals surface area contributed by atoms with Gasteiger partial charge in [0.15, 0.2) is 5.65 Å². The molecule has 1 atom stereocenters. The summed E-state index contributed by atoms with van der Waals surface area (Å²) in [6.45, 7) is 3.82. The molecule has 3 aromatic heterocycles. The van der Waals surface area contributed by atoms with Crippen LogP contribution < -0.4 is 14.8 Å². The Morgan fingerprint density at radius 2 is 1.81 bits per heavy atom. The highest BCUT2D eigenvalue weighted by molar-refractivity contribution is 6.00. The lowest BCUT2D eigenvalue weighted by Gasteiger charge is -2.20. The summed E-state index contributed by atoms with van der Waals surface area (Å²) in [5, 5.41) is 7.41. The van der Waals surface area contributed by atoms with E-state index in [4.69, 9.17) is 9.47 Å². The van der Waals surface area contributed by atoms with Crippen LogP contribution in [0.5, 0.6) is 11.5 Å². The van der Waals surface area contributed by atoms with Crippen LogP contribution >= 0.6 is 0 Å². The number of fused-ring (bicyclic) bond motifs is 1. The largest absolute Gasteiger partial charge is 0.497 e. The van der Waals surface area contributed by atoms with Gasteiger partial charge in [-0.15, -0.1) is 0 Å². The maximum atomic E-state index is 13.3. The van der Waals surface area contributed by atoms with Crippen LogP contribution in [0.25, 0.3) is 5.65 Å². The number of benzene rings is 1. The third-order valence-corrected chi connectivity index (χ3v) is 5.12. The number of amides is 1. The fraction of sp³-hybridized carbons (Fsp3) is 0.273. The lowest BCUT2D eigenvalue weighted by Crippen LogP contribution is -2.31. The maximum Gasteiger partial charge on any atom is 0.257 e.